The number of thiophene rings is 1. The summed E-state index contributed by atoms with van der Waals surface area (Å²) in [4.78, 5) is 0. The summed E-state index contributed by atoms with van der Waals surface area (Å²) in [6, 6.07) is 10.9. The van der Waals surface area contributed by atoms with E-state index in [-0.39, 0.29) is 12.1 Å². The lowest BCUT2D eigenvalue weighted by atomic mass is 10.1. The van der Waals surface area contributed by atoms with Gasteiger partial charge in [-0.2, -0.15) is 0 Å². The predicted molar refractivity (Wildman–Crippen MR) is 83.4 cm³/mol. The SMILES string of the molecule is CC(N[C@@H](C)c1ccccc1Br)c1csc(Cl)c1. The van der Waals surface area contributed by atoms with Gasteiger partial charge in [0, 0.05) is 16.6 Å². The smallest absolute Gasteiger partial charge is 0.0931 e. The predicted octanol–water partition coefficient (Wildman–Crippen LogP) is 5.58. The van der Waals surface area contributed by atoms with Gasteiger partial charge in [0.2, 0.25) is 0 Å². The van der Waals surface area contributed by atoms with Crippen LogP contribution in [-0.2, 0) is 0 Å². The normalized spacial score (nSPS) is 14.4. The minimum Gasteiger partial charge on any atom is -0.304 e. The van der Waals surface area contributed by atoms with Gasteiger partial charge in [-0.15, -0.1) is 11.3 Å². The minimum atomic E-state index is 0.286. The zero-order valence-corrected chi connectivity index (χ0v) is 13.4. The van der Waals surface area contributed by atoms with E-state index in [1.165, 1.54) is 11.1 Å². The van der Waals surface area contributed by atoms with Crippen LogP contribution in [0.5, 0.6) is 0 Å². The van der Waals surface area contributed by atoms with E-state index in [9.17, 15) is 0 Å². The number of hydrogen-bond donors (Lipinski definition) is 1. The minimum absolute atomic E-state index is 0.286. The van der Waals surface area contributed by atoms with Gasteiger partial charge in [-0.1, -0.05) is 45.7 Å². The second kappa shape index (κ2) is 6.20. The maximum absolute atomic E-state index is 5.97. The average Bonchev–Trinajstić information content (AvgIpc) is 2.76. The van der Waals surface area contributed by atoms with Gasteiger partial charge in [-0.05, 0) is 42.5 Å². The molecule has 0 saturated carbocycles. The number of benzene rings is 1. The van der Waals surface area contributed by atoms with Crippen LogP contribution in [0.15, 0.2) is 40.2 Å². The van der Waals surface area contributed by atoms with Gasteiger partial charge in [0.05, 0.1) is 4.34 Å². The third-order valence-electron chi connectivity index (χ3n) is 2.96. The van der Waals surface area contributed by atoms with Crippen molar-refractivity contribution in [1.82, 2.24) is 5.32 Å². The van der Waals surface area contributed by atoms with Crippen molar-refractivity contribution < 1.29 is 0 Å². The van der Waals surface area contributed by atoms with E-state index >= 15 is 0 Å². The molecule has 2 rings (SSSR count). The van der Waals surface area contributed by atoms with Crippen molar-refractivity contribution in [2.75, 3.05) is 0 Å². The molecule has 0 saturated heterocycles. The summed E-state index contributed by atoms with van der Waals surface area (Å²) in [5.74, 6) is 0. The van der Waals surface area contributed by atoms with Crippen LogP contribution in [0.2, 0.25) is 4.34 Å². The maximum Gasteiger partial charge on any atom is 0.0931 e. The molecule has 2 atom stereocenters. The molecular formula is C14H15BrClNS. The Labute approximate surface area is 125 Å². The highest BCUT2D eigenvalue weighted by Crippen LogP contribution is 2.28. The number of rotatable bonds is 4. The molecule has 4 heteroatoms. The van der Waals surface area contributed by atoms with Crippen LogP contribution < -0.4 is 5.32 Å². The molecular weight excluding hydrogens is 330 g/mol. The number of nitrogens with one attached hydrogen (secondary N) is 1. The van der Waals surface area contributed by atoms with Gasteiger partial charge in [0.15, 0.2) is 0 Å². The zero-order valence-electron chi connectivity index (χ0n) is 10.3. The molecule has 1 aromatic carbocycles. The van der Waals surface area contributed by atoms with E-state index < -0.39 is 0 Å². The summed E-state index contributed by atoms with van der Waals surface area (Å²) in [7, 11) is 0. The molecule has 1 nitrogen and oxygen atoms in total. The van der Waals surface area contributed by atoms with E-state index in [0.717, 1.165) is 8.81 Å². The molecule has 0 aliphatic rings. The van der Waals surface area contributed by atoms with Gasteiger partial charge in [-0.25, -0.2) is 0 Å². The second-order valence-corrected chi connectivity index (χ2v) is 6.71. The van der Waals surface area contributed by atoms with Crippen LogP contribution in [0.3, 0.4) is 0 Å². The molecule has 1 aromatic heterocycles. The highest BCUT2D eigenvalue weighted by Gasteiger charge is 2.13. The van der Waals surface area contributed by atoms with Crippen LogP contribution in [0.4, 0.5) is 0 Å². The Bertz CT molecular complexity index is 526. The largest absolute Gasteiger partial charge is 0.304 e. The highest BCUT2D eigenvalue weighted by molar-refractivity contribution is 9.10. The summed E-state index contributed by atoms with van der Waals surface area (Å²) >= 11 is 11.1. The molecule has 0 bridgehead atoms. The average molecular weight is 345 g/mol. The van der Waals surface area contributed by atoms with Gasteiger partial charge in [-0.3, -0.25) is 0 Å². The van der Waals surface area contributed by atoms with E-state index in [0.29, 0.717) is 0 Å². The van der Waals surface area contributed by atoms with E-state index in [4.69, 9.17) is 11.6 Å². The third-order valence-corrected chi connectivity index (χ3v) is 4.79. The molecule has 0 spiro atoms. The second-order valence-electron chi connectivity index (χ2n) is 4.32. The standard InChI is InChI=1S/C14H15BrClNS/c1-9(11-7-14(16)18-8-11)17-10(2)12-5-3-4-6-13(12)15/h3-10,17H,1-2H3/t9?,10-/m0/s1. The van der Waals surface area contributed by atoms with Crippen LogP contribution in [0.1, 0.15) is 37.1 Å². The van der Waals surface area contributed by atoms with Gasteiger partial charge in [0.1, 0.15) is 0 Å². The molecule has 1 N–H and O–H groups in total. The Hall–Kier alpha value is -0.350. The van der Waals surface area contributed by atoms with E-state index in [1.54, 1.807) is 11.3 Å². The fraction of sp³-hybridized carbons (Fsp3) is 0.286. The topological polar surface area (TPSA) is 12.0 Å². The summed E-state index contributed by atoms with van der Waals surface area (Å²) in [5.41, 5.74) is 2.51. The molecule has 0 fully saturated rings. The summed E-state index contributed by atoms with van der Waals surface area (Å²) < 4.78 is 1.98. The summed E-state index contributed by atoms with van der Waals surface area (Å²) in [6.45, 7) is 4.33. The molecule has 0 amide bonds. The van der Waals surface area contributed by atoms with Crippen LogP contribution >= 0.6 is 38.9 Å². The fourth-order valence-electron chi connectivity index (χ4n) is 1.94. The first-order valence-corrected chi connectivity index (χ1v) is 7.87. The maximum atomic E-state index is 5.97. The van der Waals surface area contributed by atoms with Crippen molar-refractivity contribution in [3.63, 3.8) is 0 Å². The fourth-order valence-corrected chi connectivity index (χ4v) is 3.55. The summed E-state index contributed by atoms with van der Waals surface area (Å²) in [5, 5.41) is 5.69. The van der Waals surface area contributed by atoms with Crippen molar-refractivity contribution in [3.05, 3.63) is 55.6 Å². The molecule has 2 aromatic rings. The first kappa shape index (κ1) is 14.1. The monoisotopic (exact) mass is 343 g/mol. The molecule has 0 aliphatic heterocycles. The van der Waals surface area contributed by atoms with Gasteiger partial charge < -0.3 is 5.32 Å². The van der Waals surface area contributed by atoms with Crippen molar-refractivity contribution in [2.24, 2.45) is 0 Å². The molecule has 1 heterocycles. The molecule has 0 radical (unpaired) electrons. The van der Waals surface area contributed by atoms with Crippen molar-refractivity contribution >= 4 is 38.9 Å². The first-order valence-electron chi connectivity index (χ1n) is 5.82. The Morgan fingerprint density at radius 3 is 2.56 bits per heavy atom. The lowest BCUT2D eigenvalue weighted by molar-refractivity contribution is 0.494. The summed E-state index contributed by atoms with van der Waals surface area (Å²) in [6.07, 6.45) is 0. The quantitative estimate of drug-likeness (QED) is 0.764. The Morgan fingerprint density at radius 1 is 1.22 bits per heavy atom. The first-order chi connectivity index (χ1) is 8.58. The molecule has 96 valence electrons. The lowest BCUT2D eigenvalue weighted by Crippen LogP contribution is -2.22. The number of hydrogen-bond acceptors (Lipinski definition) is 2. The van der Waals surface area contributed by atoms with Gasteiger partial charge >= 0.3 is 0 Å². The van der Waals surface area contributed by atoms with E-state index in [1.807, 2.05) is 12.1 Å². The van der Waals surface area contributed by atoms with Crippen LogP contribution in [0, 0.1) is 0 Å². The van der Waals surface area contributed by atoms with Crippen LogP contribution in [0.25, 0.3) is 0 Å². The Kier molecular flexibility index (Phi) is 4.84. The van der Waals surface area contributed by atoms with Crippen LogP contribution in [-0.4, -0.2) is 0 Å². The van der Waals surface area contributed by atoms with E-state index in [2.05, 4.69) is 58.7 Å². The van der Waals surface area contributed by atoms with Crippen molar-refractivity contribution in [2.45, 2.75) is 25.9 Å². The van der Waals surface area contributed by atoms with Gasteiger partial charge in [0.25, 0.3) is 0 Å². The third kappa shape index (κ3) is 3.35. The lowest BCUT2D eigenvalue weighted by Gasteiger charge is -2.20. The molecule has 1 unspecified atom stereocenters. The Balaban J connectivity index is 2.08. The molecule has 0 aliphatic carbocycles. The highest BCUT2D eigenvalue weighted by atomic mass is 79.9. The zero-order chi connectivity index (χ0) is 13.1. The number of halogens is 2. The van der Waals surface area contributed by atoms with Crippen molar-refractivity contribution in [3.8, 4) is 0 Å². The Morgan fingerprint density at radius 2 is 1.94 bits per heavy atom. The molecule has 18 heavy (non-hydrogen) atoms. The van der Waals surface area contributed by atoms with Crippen molar-refractivity contribution in [1.29, 1.82) is 0 Å².